The van der Waals surface area contributed by atoms with Gasteiger partial charge < -0.3 is 10.5 Å². The molecule has 1 aromatic rings. The third-order valence-electron chi connectivity index (χ3n) is 4.26. The van der Waals surface area contributed by atoms with Gasteiger partial charge >= 0.3 is 0 Å². The van der Waals surface area contributed by atoms with Gasteiger partial charge in [-0.1, -0.05) is 13.8 Å². The summed E-state index contributed by atoms with van der Waals surface area (Å²) in [6.07, 6.45) is 6.88. The molecule has 2 N–H and O–H groups in total. The van der Waals surface area contributed by atoms with Gasteiger partial charge in [0.05, 0.1) is 17.8 Å². The summed E-state index contributed by atoms with van der Waals surface area (Å²) in [6.45, 7) is 7.90. The summed E-state index contributed by atoms with van der Waals surface area (Å²) >= 11 is 0. The van der Waals surface area contributed by atoms with Crippen LogP contribution in [0.1, 0.15) is 50.4 Å². The van der Waals surface area contributed by atoms with Crippen LogP contribution in [-0.2, 0) is 18.2 Å². The van der Waals surface area contributed by atoms with Crippen molar-refractivity contribution >= 4 is 0 Å². The van der Waals surface area contributed by atoms with Crippen molar-refractivity contribution in [3.05, 3.63) is 17.5 Å². The minimum absolute atomic E-state index is 0.265. The molecule has 0 spiro atoms. The maximum absolute atomic E-state index is 6.09. The van der Waals surface area contributed by atoms with E-state index in [0.29, 0.717) is 12.6 Å². The molecule has 2 unspecified atom stereocenters. The average Bonchev–Trinajstić information content (AvgIpc) is 2.87. The number of ether oxygens (including phenoxy) is 1. The molecule has 1 saturated heterocycles. The number of aromatic nitrogens is 2. The van der Waals surface area contributed by atoms with Gasteiger partial charge in [-0.2, -0.15) is 5.10 Å². The minimum Gasteiger partial charge on any atom is -0.377 e. The Morgan fingerprint density at radius 1 is 1.48 bits per heavy atom. The Morgan fingerprint density at radius 3 is 2.95 bits per heavy atom. The molecule has 1 fully saturated rings. The lowest BCUT2D eigenvalue weighted by molar-refractivity contribution is -0.0119. The van der Waals surface area contributed by atoms with E-state index in [-0.39, 0.29) is 6.04 Å². The summed E-state index contributed by atoms with van der Waals surface area (Å²) in [4.78, 5) is 2.49. The van der Waals surface area contributed by atoms with Crippen molar-refractivity contribution in [3.8, 4) is 0 Å². The Hall–Kier alpha value is -0.910. The van der Waals surface area contributed by atoms with E-state index in [4.69, 9.17) is 10.5 Å². The number of rotatable bonds is 7. The molecule has 2 heterocycles. The second kappa shape index (κ2) is 7.92. The number of piperidine rings is 1. The van der Waals surface area contributed by atoms with Gasteiger partial charge in [-0.05, 0) is 32.2 Å². The lowest BCUT2D eigenvalue weighted by Crippen LogP contribution is -2.44. The van der Waals surface area contributed by atoms with Gasteiger partial charge in [0.2, 0.25) is 0 Å². The first-order chi connectivity index (χ1) is 10.2. The molecule has 120 valence electrons. The molecular formula is C16H30N4O. The number of hydrogen-bond donors (Lipinski definition) is 1. The van der Waals surface area contributed by atoms with Crippen LogP contribution >= 0.6 is 0 Å². The molecule has 0 amide bonds. The molecule has 5 heteroatoms. The van der Waals surface area contributed by atoms with Gasteiger partial charge in [-0.25, -0.2) is 0 Å². The summed E-state index contributed by atoms with van der Waals surface area (Å²) in [5, 5.41) is 4.56. The van der Waals surface area contributed by atoms with E-state index in [0.717, 1.165) is 32.5 Å². The van der Waals surface area contributed by atoms with Crippen LogP contribution in [0.2, 0.25) is 0 Å². The predicted octanol–water partition coefficient (Wildman–Crippen LogP) is 1.87. The molecule has 0 aromatic carbocycles. The molecule has 1 aromatic heterocycles. The van der Waals surface area contributed by atoms with E-state index in [1.54, 1.807) is 0 Å². The zero-order chi connectivity index (χ0) is 15.2. The fraction of sp³-hybridized carbons (Fsp3) is 0.812. The zero-order valence-electron chi connectivity index (χ0n) is 13.7. The number of aryl methyl sites for hydroxylation is 2. The van der Waals surface area contributed by atoms with Gasteiger partial charge in [0.1, 0.15) is 0 Å². The SMILES string of the molecule is CCCOC1CCCN(C(CN)c2cn(C)nc2CC)C1. The zero-order valence-corrected chi connectivity index (χ0v) is 13.7. The first-order valence-electron chi connectivity index (χ1n) is 8.27. The lowest BCUT2D eigenvalue weighted by atomic mass is 10.00. The third kappa shape index (κ3) is 4.05. The predicted molar refractivity (Wildman–Crippen MR) is 85.2 cm³/mol. The summed E-state index contributed by atoms with van der Waals surface area (Å²) < 4.78 is 7.86. The van der Waals surface area contributed by atoms with Crippen LogP contribution in [0.25, 0.3) is 0 Å². The van der Waals surface area contributed by atoms with E-state index < -0.39 is 0 Å². The summed E-state index contributed by atoms with van der Waals surface area (Å²) in [7, 11) is 1.99. The van der Waals surface area contributed by atoms with Gasteiger partial charge in [-0.15, -0.1) is 0 Å². The largest absolute Gasteiger partial charge is 0.377 e. The third-order valence-corrected chi connectivity index (χ3v) is 4.26. The van der Waals surface area contributed by atoms with Crippen molar-refractivity contribution in [3.63, 3.8) is 0 Å². The van der Waals surface area contributed by atoms with Crippen LogP contribution < -0.4 is 5.73 Å². The summed E-state index contributed by atoms with van der Waals surface area (Å²) in [5.41, 5.74) is 8.56. The Labute approximate surface area is 128 Å². The smallest absolute Gasteiger partial charge is 0.0702 e. The van der Waals surface area contributed by atoms with Crippen molar-refractivity contribution < 1.29 is 4.74 Å². The van der Waals surface area contributed by atoms with Gasteiger partial charge in [-0.3, -0.25) is 9.58 Å². The fourth-order valence-corrected chi connectivity index (χ4v) is 3.25. The fourth-order valence-electron chi connectivity index (χ4n) is 3.25. The number of likely N-dealkylation sites (tertiary alicyclic amines) is 1. The van der Waals surface area contributed by atoms with Gasteiger partial charge in [0.15, 0.2) is 0 Å². The van der Waals surface area contributed by atoms with Crippen molar-refractivity contribution in [1.82, 2.24) is 14.7 Å². The normalized spacial score (nSPS) is 21.6. The van der Waals surface area contributed by atoms with Crippen LogP contribution in [0.3, 0.4) is 0 Å². The van der Waals surface area contributed by atoms with Crippen LogP contribution in [0.15, 0.2) is 6.20 Å². The van der Waals surface area contributed by atoms with Crippen LogP contribution in [0.4, 0.5) is 0 Å². The molecule has 0 bridgehead atoms. The first-order valence-corrected chi connectivity index (χ1v) is 8.27. The molecule has 5 nitrogen and oxygen atoms in total. The number of nitrogens with two attached hydrogens (primary N) is 1. The average molecular weight is 294 g/mol. The maximum atomic E-state index is 6.09. The van der Waals surface area contributed by atoms with Gasteiger partial charge in [0, 0.05) is 38.5 Å². The van der Waals surface area contributed by atoms with Crippen LogP contribution in [0, 0.1) is 0 Å². The first kappa shape index (κ1) is 16.5. The maximum Gasteiger partial charge on any atom is 0.0702 e. The molecule has 2 rings (SSSR count). The molecule has 0 saturated carbocycles. The second-order valence-electron chi connectivity index (χ2n) is 5.94. The van der Waals surface area contributed by atoms with E-state index >= 15 is 0 Å². The Morgan fingerprint density at radius 2 is 2.29 bits per heavy atom. The highest BCUT2D eigenvalue weighted by Gasteiger charge is 2.28. The molecule has 2 atom stereocenters. The Balaban J connectivity index is 2.09. The van der Waals surface area contributed by atoms with E-state index in [1.165, 1.54) is 24.1 Å². The topological polar surface area (TPSA) is 56.3 Å². The highest BCUT2D eigenvalue weighted by atomic mass is 16.5. The van der Waals surface area contributed by atoms with Crippen LogP contribution in [0.5, 0.6) is 0 Å². The lowest BCUT2D eigenvalue weighted by Gasteiger charge is -2.37. The number of hydrogen-bond acceptors (Lipinski definition) is 4. The Bertz CT molecular complexity index is 432. The molecule has 0 aliphatic carbocycles. The van der Waals surface area contributed by atoms with E-state index in [9.17, 15) is 0 Å². The number of nitrogens with zero attached hydrogens (tertiary/aromatic N) is 3. The van der Waals surface area contributed by atoms with Crippen molar-refractivity contribution in [2.75, 3.05) is 26.2 Å². The van der Waals surface area contributed by atoms with Crippen molar-refractivity contribution in [2.24, 2.45) is 12.8 Å². The summed E-state index contributed by atoms with van der Waals surface area (Å²) in [6, 6.07) is 0.265. The molecule has 1 aliphatic rings. The van der Waals surface area contributed by atoms with Crippen LogP contribution in [-0.4, -0.2) is 47.0 Å². The van der Waals surface area contributed by atoms with E-state index in [2.05, 4.69) is 30.0 Å². The van der Waals surface area contributed by atoms with E-state index in [1.807, 2.05) is 11.7 Å². The molecule has 1 aliphatic heterocycles. The second-order valence-corrected chi connectivity index (χ2v) is 5.94. The molecular weight excluding hydrogens is 264 g/mol. The Kier molecular flexibility index (Phi) is 6.21. The van der Waals surface area contributed by atoms with Gasteiger partial charge in [0.25, 0.3) is 0 Å². The monoisotopic (exact) mass is 294 g/mol. The quantitative estimate of drug-likeness (QED) is 0.834. The minimum atomic E-state index is 0.265. The highest BCUT2D eigenvalue weighted by Crippen LogP contribution is 2.27. The summed E-state index contributed by atoms with van der Waals surface area (Å²) in [5.74, 6) is 0. The molecule has 21 heavy (non-hydrogen) atoms. The van der Waals surface area contributed by atoms with Crippen molar-refractivity contribution in [2.45, 2.75) is 51.7 Å². The van der Waals surface area contributed by atoms with Crippen molar-refractivity contribution in [1.29, 1.82) is 0 Å². The highest BCUT2D eigenvalue weighted by molar-refractivity contribution is 5.22. The molecule has 0 radical (unpaired) electrons. The standard InChI is InChI=1S/C16H30N4O/c1-4-9-21-13-7-6-8-20(11-13)16(10-17)14-12-19(3)18-15(14)5-2/h12-13,16H,4-11,17H2,1-3H3.